The van der Waals surface area contributed by atoms with Gasteiger partial charge in [0.15, 0.2) is 0 Å². The predicted octanol–water partition coefficient (Wildman–Crippen LogP) is 3.16. The van der Waals surface area contributed by atoms with Crippen molar-refractivity contribution in [3.05, 3.63) is 41.3 Å². The molecule has 24 heavy (non-hydrogen) atoms. The summed E-state index contributed by atoms with van der Waals surface area (Å²) in [6, 6.07) is 7.87. The van der Waals surface area contributed by atoms with E-state index in [0.29, 0.717) is 17.0 Å². The minimum Gasteiger partial charge on any atom is -0.372 e. The molecule has 2 heterocycles. The van der Waals surface area contributed by atoms with Crippen LogP contribution < -0.4 is 10.2 Å². The number of benzene rings is 1. The molecule has 1 aromatic carbocycles. The van der Waals surface area contributed by atoms with Gasteiger partial charge in [-0.15, -0.1) is 0 Å². The number of morpholine rings is 1. The van der Waals surface area contributed by atoms with Crippen molar-refractivity contribution in [1.82, 2.24) is 5.16 Å². The van der Waals surface area contributed by atoms with Crippen LogP contribution >= 0.6 is 0 Å². The number of carbonyl (C=O) groups is 1. The monoisotopic (exact) mass is 329 g/mol. The molecule has 0 radical (unpaired) electrons. The van der Waals surface area contributed by atoms with E-state index in [4.69, 9.17) is 9.26 Å². The molecule has 0 saturated carbocycles. The number of amides is 1. The molecule has 0 aliphatic carbocycles. The van der Waals surface area contributed by atoms with E-state index < -0.39 is 0 Å². The fourth-order valence-electron chi connectivity index (χ4n) is 3.15. The Hall–Kier alpha value is -2.34. The van der Waals surface area contributed by atoms with Crippen molar-refractivity contribution in [2.45, 2.75) is 39.9 Å². The highest BCUT2D eigenvalue weighted by atomic mass is 16.5. The summed E-state index contributed by atoms with van der Waals surface area (Å²) < 4.78 is 10.8. The van der Waals surface area contributed by atoms with Gasteiger partial charge in [-0.3, -0.25) is 4.79 Å². The minimum atomic E-state index is -0.201. The first-order valence-corrected chi connectivity index (χ1v) is 8.18. The number of carbonyl (C=O) groups excluding carboxylic acids is 1. The number of rotatable bonds is 3. The number of hydrogen-bond donors (Lipinski definition) is 1. The molecule has 1 saturated heterocycles. The molecule has 128 valence electrons. The van der Waals surface area contributed by atoms with Crippen LogP contribution in [0.3, 0.4) is 0 Å². The lowest BCUT2D eigenvalue weighted by atomic mass is 10.1. The van der Waals surface area contributed by atoms with Crippen molar-refractivity contribution < 1.29 is 14.1 Å². The van der Waals surface area contributed by atoms with Gasteiger partial charge in [-0.2, -0.15) is 0 Å². The van der Waals surface area contributed by atoms with Crippen LogP contribution in [0.15, 0.2) is 28.8 Å². The second-order valence-corrected chi connectivity index (χ2v) is 6.36. The van der Waals surface area contributed by atoms with E-state index in [2.05, 4.69) is 29.2 Å². The molecular weight excluding hydrogens is 306 g/mol. The van der Waals surface area contributed by atoms with Crippen molar-refractivity contribution in [3.8, 4) is 0 Å². The molecule has 2 aromatic rings. The standard InChI is InChI=1S/C18H23N3O3/c1-11-9-21(10-12(2)23-11)16-7-5-15(6-8-16)19-18(22)17-13(3)20-24-14(17)4/h5-8,11-12H,9-10H2,1-4H3,(H,19,22)/t11-,12-/m1/s1. The predicted molar refractivity (Wildman–Crippen MR) is 92.6 cm³/mol. The Morgan fingerprint density at radius 3 is 2.33 bits per heavy atom. The molecule has 0 unspecified atom stereocenters. The van der Waals surface area contributed by atoms with Crippen LogP contribution in [0, 0.1) is 13.8 Å². The maximum atomic E-state index is 12.4. The molecule has 1 aliphatic heterocycles. The van der Waals surface area contributed by atoms with Crippen LogP contribution in [-0.2, 0) is 4.74 Å². The third kappa shape index (κ3) is 3.43. The van der Waals surface area contributed by atoms with Crippen molar-refractivity contribution in [2.24, 2.45) is 0 Å². The van der Waals surface area contributed by atoms with Crippen LogP contribution in [-0.4, -0.2) is 36.4 Å². The Labute approximate surface area is 141 Å². The summed E-state index contributed by atoms with van der Waals surface area (Å²) in [5, 5.41) is 6.71. The number of nitrogens with one attached hydrogen (secondary N) is 1. The number of ether oxygens (including phenoxy) is 1. The smallest absolute Gasteiger partial charge is 0.261 e. The van der Waals surface area contributed by atoms with Gasteiger partial charge in [-0.25, -0.2) is 0 Å². The van der Waals surface area contributed by atoms with Gasteiger partial charge in [0.2, 0.25) is 0 Å². The van der Waals surface area contributed by atoms with Crippen LogP contribution in [0.4, 0.5) is 11.4 Å². The van der Waals surface area contributed by atoms with Crippen molar-refractivity contribution in [1.29, 1.82) is 0 Å². The van der Waals surface area contributed by atoms with Gasteiger partial charge in [0.1, 0.15) is 11.3 Å². The fraction of sp³-hybridized carbons (Fsp3) is 0.444. The van der Waals surface area contributed by atoms with Crippen molar-refractivity contribution >= 4 is 17.3 Å². The van der Waals surface area contributed by atoms with Crippen LogP contribution in [0.25, 0.3) is 0 Å². The molecule has 0 spiro atoms. The normalized spacial score (nSPS) is 20.9. The highest BCUT2D eigenvalue weighted by Crippen LogP contribution is 2.23. The summed E-state index contributed by atoms with van der Waals surface area (Å²) in [6.45, 7) is 9.40. The molecule has 6 nitrogen and oxygen atoms in total. The minimum absolute atomic E-state index is 0.201. The Morgan fingerprint density at radius 2 is 1.79 bits per heavy atom. The second kappa shape index (κ2) is 6.65. The molecule has 0 bridgehead atoms. The Balaban J connectivity index is 1.70. The first kappa shape index (κ1) is 16.5. The molecule has 1 N–H and O–H groups in total. The summed E-state index contributed by atoms with van der Waals surface area (Å²) in [6.07, 6.45) is 0.431. The van der Waals surface area contributed by atoms with Crippen LogP contribution in [0.2, 0.25) is 0 Å². The van der Waals surface area contributed by atoms with E-state index in [1.54, 1.807) is 13.8 Å². The van der Waals surface area contributed by atoms with E-state index in [1.807, 2.05) is 24.3 Å². The largest absolute Gasteiger partial charge is 0.372 e. The number of aromatic nitrogens is 1. The quantitative estimate of drug-likeness (QED) is 0.937. The Morgan fingerprint density at radius 1 is 1.17 bits per heavy atom. The van der Waals surface area contributed by atoms with Crippen molar-refractivity contribution in [3.63, 3.8) is 0 Å². The average molecular weight is 329 g/mol. The van der Waals surface area contributed by atoms with Gasteiger partial charge < -0.3 is 19.5 Å². The first-order valence-electron chi connectivity index (χ1n) is 8.18. The number of anilines is 2. The molecule has 1 fully saturated rings. The summed E-state index contributed by atoms with van der Waals surface area (Å²) in [5.41, 5.74) is 2.97. The van der Waals surface area contributed by atoms with Gasteiger partial charge >= 0.3 is 0 Å². The number of nitrogens with zero attached hydrogens (tertiary/aromatic N) is 2. The SMILES string of the molecule is Cc1noc(C)c1C(=O)Nc1ccc(N2C[C@@H](C)O[C@H](C)C2)cc1. The summed E-state index contributed by atoms with van der Waals surface area (Å²) in [7, 11) is 0. The topological polar surface area (TPSA) is 67.6 Å². The van der Waals surface area contributed by atoms with Crippen molar-refractivity contribution in [2.75, 3.05) is 23.3 Å². The first-order chi connectivity index (χ1) is 11.4. The molecule has 6 heteroatoms. The molecule has 1 amide bonds. The van der Waals surface area contributed by atoms with Gasteiger partial charge in [0.25, 0.3) is 5.91 Å². The van der Waals surface area contributed by atoms with Crippen LogP contribution in [0.1, 0.15) is 35.7 Å². The maximum Gasteiger partial charge on any atom is 0.261 e. The Kier molecular flexibility index (Phi) is 4.57. The zero-order chi connectivity index (χ0) is 17.3. The summed E-state index contributed by atoms with van der Waals surface area (Å²) in [4.78, 5) is 14.7. The molecule has 1 aromatic heterocycles. The second-order valence-electron chi connectivity index (χ2n) is 6.36. The number of hydrogen-bond acceptors (Lipinski definition) is 5. The van der Waals surface area contributed by atoms with Gasteiger partial charge in [0.05, 0.1) is 17.9 Å². The lowest BCUT2D eigenvalue weighted by Gasteiger charge is -2.36. The van der Waals surface area contributed by atoms with E-state index in [0.717, 1.165) is 24.5 Å². The summed E-state index contributed by atoms with van der Waals surface area (Å²) in [5.74, 6) is 0.325. The Bertz CT molecular complexity index is 694. The van der Waals surface area contributed by atoms with Gasteiger partial charge in [-0.05, 0) is 52.0 Å². The highest BCUT2D eigenvalue weighted by molar-refractivity contribution is 6.05. The van der Waals surface area contributed by atoms with E-state index >= 15 is 0 Å². The number of aryl methyl sites for hydroxylation is 2. The molecule has 3 rings (SSSR count). The van der Waals surface area contributed by atoms with Gasteiger partial charge in [-0.1, -0.05) is 5.16 Å². The average Bonchev–Trinajstić information content (AvgIpc) is 2.86. The third-order valence-electron chi connectivity index (χ3n) is 4.17. The van der Waals surface area contributed by atoms with E-state index in [-0.39, 0.29) is 18.1 Å². The molecule has 2 atom stereocenters. The maximum absolute atomic E-state index is 12.4. The lowest BCUT2D eigenvalue weighted by molar-refractivity contribution is -0.00521. The van der Waals surface area contributed by atoms with E-state index in [9.17, 15) is 4.79 Å². The zero-order valence-corrected chi connectivity index (χ0v) is 14.5. The van der Waals surface area contributed by atoms with E-state index in [1.165, 1.54) is 0 Å². The van der Waals surface area contributed by atoms with Crippen LogP contribution in [0.5, 0.6) is 0 Å². The summed E-state index contributed by atoms with van der Waals surface area (Å²) >= 11 is 0. The molecule has 1 aliphatic rings. The highest BCUT2D eigenvalue weighted by Gasteiger charge is 2.22. The lowest BCUT2D eigenvalue weighted by Crippen LogP contribution is -2.45. The van der Waals surface area contributed by atoms with Gasteiger partial charge in [0, 0.05) is 24.5 Å². The zero-order valence-electron chi connectivity index (χ0n) is 14.5. The third-order valence-corrected chi connectivity index (χ3v) is 4.17. The molecular formula is C18H23N3O3. The fourth-order valence-corrected chi connectivity index (χ4v) is 3.15.